The van der Waals surface area contributed by atoms with Crippen LogP contribution in [0.25, 0.3) is 12.2 Å². The third-order valence-corrected chi connectivity index (χ3v) is 5.53. The Hall–Kier alpha value is -4.41. The van der Waals surface area contributed by atoms with Crippen molar-refractivity contribution < 1.29 is 38.4 Å². The second kappa shape index (κ2) is 16.6. The number of allylic oxidation sites excluding steroid dienone is 3. The van der Waals surface area contributed by atoms with E-state index in [1.807, 2.05) is 38.0 Å². The minimum absolute atomic E-state index is 0.238. The van der Waals surface area contributed by atoms with Gasteiger partial charge in [0.2, 0.25) is 0 Å². The lowest BCUT2D eigenvalue weighted by molar-refractivity contribution is -0.135. The molecule has 41 heavy (non-hydrogen) atoms. The highest BCUT2D eigenvalue weighted by molar-refractivity contribution is 6.02. The lowest BCUT2D eigenvalue weighted by atomic mass is 10.1. The molecule has 0 amide bonds. The third-order valence-electron chi connectivity index (χ3n) is 5.53. The molecule has 0 saturated carbocycles. The van der Waals surface area contributed by atoms with Crippen LogP contribution >= 0.6 is 0 Å². The quantitative estimate of drug-likeness (QED) is 0.111. The Kier molecular flexibility index (Phi) is 13.3. The van der Waals surface area contributed by atoms with Crippen LogP contribution in [0.3, 0.4) is 0 Å². The monoisotopic (exact) mass is 566 g/mol. The number of hydrogen-bond donors (Lipinski definition) is 1. The number of aliphatic hydroxyl groups is 1. The number of hydrogen-bond acceptors (Lipinski definition) is 10. The highest BCUT2D eigenvalue weighted by Gasteiger charge is 2.12. The van der Waals surface area contributed by atoms with Crippen molar-refractivity contribution in [2.75, 3.05) is 55.5 Å². The summed E-state index contributed by atoms with van der Waals surface area (Å²) in [5.41, 5.74) is 1.30. The molecule has 2 aromatic carbocycles. The summed E-state index contributed by atoms with van der Waals surface area (Å²) in [4.78, 5) is 40.2. The molecule has 0 atom stereocenters. The van der Waals surface area contributed by atoms with Crippen LogP contribution in [-0.2, 0) is 14.4 Å². The topological polar surface area (TPSA) is 115 Å². The molecule has 0 spiro atoms. The Bertz CT molecular complexity index is 1300. The number of ketones is 1. The SMILES string of the molecule is COc1cc(/C=C/C(=O)/C=C(O)/C=C/c2ccc(OC(=O)CCN(C)C)c(OC)c2)ccc1OC(=O)CCN(C)C. The van der Waals surface area contributed by atoms with Crippen LogP contribution in [0.4, 0.5) is 0 Å². The fraction of sp³-hybridized carbons (Fsp3) is 0.323. The summed E-state index contributed by atoms with van der Waals surface area (Å²) < 4.78 is 21.4. The number of carbonyl (C=O) groups excluding carboxylic acids is 3. The zero-order chi connectivity index (χ0) is 30.4. The molecule has 0 aliphatic heterocycles. The highest BCUT2D eigenvalue weighted by Crippen LogP contribution is 2.30. The van der Waals surface area contributed by atoms with Crippen molar-refractivity contribution in [3.8, 4) is 23.0 Å². The van der Waals surface area contributed by atoms with Gasteiger partial charge in [-0.1, -0.05) is 24.3 Å². The average molecular weight is 567 g/mol. The fourth-order valence-electron chi connectivity index (χ4n) is 3.32. The van der Waals surface area contributed by atoms with Crippen molar-refractivity contribution in [2.45, 2.75) is 12.8 Å². The van der Waals surface area contributed by atoms with Gasteiger partial charge < -0.3 is 33.9 Å². The van der Waals surface area contributed by atoms with Gasteiger partial charge in [-0.25, -0.2) is 0 Å². The predicted octanol–water partition coefficient (Wildman–Crippen LogP) is 4.16. The van der Waals surface area contributed by atoms with E-state index in [4.69, 9.17) is 18.9 Å². The molecule has 0 fully saturated rings. The number of benzene rings is 2. The Morgan fingerprint density at radius 2 is 1.15 bits per heavy atom. The van der Waals surface area contributed by atoms with Gasteiger partial charge in [0.05, 0.1) is 27.1 Å². The molecule has 1 N–H and O–H groups in total. The van der Waals surface area contributed by atoms with Crippen molar-refractivity contribution in [1.82, 2.24) is 9.80 Å². The van der Waals surface area contributed by atoms with Gasteiger partial charge in [-0.3, -0.25) is 14.4 Å². The molecule has 0 bridgehead atoms. The van der Waals surface area contributed by atoms with E-state index in [1.165, 1.54) is 26.4 Å². The first-order valence-corrected chi connectivity index (χ1v) is 12.9. The van der Waals surface area contributed by atoms with Crippen molar-refractivity contribution in [3.05, 3.63) is 71.5 Å². The maximum Gasteiger partial charge on any atom is 0.312 e. The minimum atomic E-state index is -0.442. The number of esters is 2. The van der Waals surface area contributed by atoms with Crippen LogP contribution in [0, 0.1) is 0 Å². The number of aliphatic hydroxyl groups excluding tert-OH is 1. The first-order chi connectivity index (χ1) is 19.5. The van der Waals surface area contributed by atoms with E-state index in [2.05, 4.69) is 0 Å². The summed E-state index contributed by atoms with van der Waals surface area (Å²) in [5, 5.41) is 10.2. The lowest BCUT2D eigenvalue weighted by Gasteiger charge is -2.11. The van der Waals surface area contributed by atoms with Gasteiger partial charge in [-0.2, -0.15) is 0 Å². The molecule has 220 valence electrons. The maximum absolute atomic E-state index is 12.3. The second-order valence-corrected chi connectivity index (χ2v) is 9.51. The van der Waals surface area contributed by atoms with E-state index in [0.29, 0.717) is 41.5 Å². The van der Waals surface area contributed by atoms with E-state index < -0.39 is 5.78 Å². The molecule has 2 aromatic rings. The van der Waals surface area contributed by atoms with E-state index in [1.54, 1.807) is 48.6 Å². The molecule has 10 heteroatoms. The summed E-state index contributed by atoms with van der Waals surface area (Å²) in [6, 6.07) is 9.86. The number of rotatable bonds is 15. The smallest absolute Gasteiger partial charge is 0.312 e. The predicted molar refractivity (Wildman–Crippen MR) is 157 cm³/mol. The molecule has 0 aliphatic carbocycles. The molecular weight excluding hydrogens is 528 g/mol. The van der Waals surface area contributed by atoms with E-state index in [-0.39, 0.29) is 36.3 Å². The highest BCUT2D eigenvalue weighted by atomic mass is 16.6. The molecule has 0 unspecified atom stereocenters. The van der Waals surface area contributed by atoms with E-state index in [9.17, 15) is 19.5 Å². The Morgan fingerprint density at radius 1 is 0.707 bits per heavy atom. The largest absolute Gasteiger partial charge is 0.508 e. The van der Waals surface area contributed by atoms with Crippen molar-refractivity contribution in [3.63, 3.8) is 0 Å². The van der Waals surface area contributed by atoms with Gasteiger partial charge in [-0.15, -0.1) is 0 Å². The zero-order valence-electron chi connectivity index (χ0n) is 24.4. The molecule has 0 aromatic heterocycles. The maximum atomic E-state index is 12.3. The van der Waals surface area contributed by atoms with Gasteiger partial charge in [0.15, 0.2) is 28.8 Å². The van der Waals surface area contributed by atoms with Crippen LogP contribution in [0.2, 0.25) is 0 Å². The third kappa shape index (κ3) is 12.1. The van der Waals surface area contributed by atoms with Gasteiger partial charge in [0, 0.05) is 19.2 Å². The fourth-order valence-corrected chi connectivity index (χ4v) is 3.32. The normalized spacial score (nSPS) is 11.9. The molecule has 0 radical (unpaired) electrons. The van der Waals surface area contributed by atoms with Crippen LogP contribution in [0.1, 0.15) is 24.0 Å². The van der Waals surface area contributed by atoms with Crippen molar-refractivity contribution in [2.24, 2.45) is 0 Å². The zero-order valence-corrected chi connectivity index (χ0v) is 24.4. The summed E-state index contributed by atoms with van der Waals surface area (Å²) in [6.45, 7) is 1.13. The minimum Gasteiger partial charge on any atom is -0.508 e. The van der Waals surface area contributed by atoms with E-state index >= 15 is 0 Å². The Labute approximate surface area is 241 Å². The Balaban J connectivity index is 2.01. The first-order valence-electron chi connectivity index (χ1n) is 12.9. The van der Waals surface area contributed by atoms with Crippen LogP contribution in [-0.4, -0.2) is 88.1 Å². The molecule has 0 heterocycles. The molecular formula is C31H38N2O8. The molecule has 2 rings (SSSR count). The number of nitrogens with zero attached hydrogens (tertiary/aromatic N) is 2. The summed E-state index contributed by atoms with van der Waals surface area (Å²) >= 11 is 0. The van der Waals surface area contributed by atoms with Gasteiger partial charge in [0.25, 0.3) is 0 Å². The average Bonchev–Trinajstić information content (AvgIpc) is 2.93. The van der Waals surface area contributed by atoms with Gasteiger partial charge in [0.1, 0.15) is 5.76 Å². The lowest BCUT2D eigenvalue weighted by Crippen LogP contribution is -2.19. The van der Waals surface area contributed by atoms with Crippen LogP contribution in [0.15, 0.2) is 60.4 Å². The standard InChI is InChI=1S/C31H38N2O8/c1-32(2)17-15-30(36)40-26-13-9-22(19-28(26)38-5)7-11-24(34)21-25(35)12-8-23-10-14-27(29(20-23)39-6)41-31(37)16-18-33(3)4/h7-14,19-21,34H,15-18H2,1-6H3/b11-7+,12-8+,24-21-. The van der Waals surface area contributed by atoms with Crippen LogP contribution < -0.4 is 18.9 Å². The Morgan fingerprint density at radius 3 is 1.56 bits per heavy atom. The number of carbonyl (C=O) groups is 3. The summed E-state index contributed by atoms with van der Waals surface area (Å²) in [5.74, 6) is -0.159. The van der Waals surface area contributed by atoms with Crippen molar-refractivity contribution in [1.29, 1.82) is 0 Å². The van der Waals surface area contributed by atoms with E-state index in [0.717, 1.165) is 6.08 Å². The molecule has 10 nitrogen and oxygen atoms in total. The number of methoxy groups -OCH3 is 2. The second-order valence-electron chi connectivity index (χ2n) is 9.51. The van der Waals surface area contributed by atoms with Crippen molar-refractivity contribution >= 4 is 29.9 Å². The summed E-state index contributed by atoms with van der Waals surface area (Å²) in [7, 11) is 10.4. The first kappa shape index (κ1) is 32.8. The molecule has 0 aliphatic rings. The number of ether oxygens (including phenoxy) is 4. The molecule has 0 saturated heterocycles. The van der Waals surface area contributed by atoms with Gasteiger partial charge in [-0.05, 0) is 75.7 Å². The van der Waals surface area contributed by atoms with Gasteiger partial charge >= 0.3 is 11.9 Å². The van der Waals surface area contributed by atoms with Crippen LogP contribution in [0.5, 0.6) is 23.0 Å². The summed E-state index contributed by atoms with van der Waals surface area (Å²) in [6.07, 6.45) is 7.36.